The van der Waals surface area contributed by atoms with Crippen LogP contribution in [0.5, 0.6) is 5.75 Å². The normalized spacial score (nSPS) is 10.4. The van der Waals surface area contributed by atoms with E-state index in [1.807, 2.05) is 30.3 Å². The van der Waals surface area contributed by atoms with Crippen LogP contribution in [0.25, 0.3) is 0 Å². The van der Waals surface area contributed by atoms with Crippen LogP contribution in [0.1, 0.15) is 15.4 Å². The quantitative estimate of drug-likeness (QED) is 0.720. The summed E-state index contributed by atoms with van der Waals surface area (Å²) in [5.41, 5.74) is 0.517. The van der Waals surface area contributed by atoms with E-state index >= 15 is 0 Å². The summed E-state index contributed by atoms with van der Waals surface area (Å²) in [5.74, 6) is 0.577. The number of para-hydroxylation sites is 1. The molecule has 0 atom stereocenters. The number of benzene rings is 2. The fourth-order valence-corrected chi connectivity index (χ4v) is 2.79. The van der Waals surface area contributed by atoms with Crippen LogP contribution in [-0.2, 0) is 6.42 Å². The molecule has 5 nitrogen and oxygen atoms in total. The van der Waals surface area contributed by atoms with Gasteiger partial charge in [-0.25, -0.2) is 0 Å². The maximum Gasteiger partial charge on any atom is 0.257 e. The van der Waals surface area contributed by atoms with Crippen molar-refractivity contribution >= 4 is 34.0 Å². The maximum absolute atomic E-state index is 12.1. The highest BCUT2D eigenvalue weighted by Gasteiger charge is 2.10. The molecule has 0 saturated carbocycles. The summed E-state index contributed by atoms with van der Waals surface area (Å²) in [7, 11) is 0. The van der Waals surface area contributed by atoms with E-state index in [4.69, 9.17) is 16.3 Å². The minimum absolute atomic E-state index is 0.241. The molecule has 3 rings (SSSR count). The van der Waals surface area contributed by atoms with Crippen LogP contribution in [0.2, 0.25) is 5.02 Å². The predicted octanol–water partition coefficient (Wildman–Crippen LogP) is 4.07. The topological polar surface area (TPSA) is 64.1 Å². The van der Waals surface area contributed by atoms with Crippen molar-refractivity contribution in [3.63, 3.8) is 0 Å². The largest absolute Gasteiger partial charge is 0.493 e. The minimum Gasteiger partial charge on any atom is -0.493 e. The second kappa shape index (κ2) is 7.90. The summed E-state index contributed by atoms with van der Waals surface area (Å²) in [5, 5.41) is 12.6. The summed E-state index contributed by atoms with van der Waals surface area (Å²) < 4.78 is 5.62. The Labute approximate surface area is 148 Å². The third-order valence-corrected chi connectivity index (χ3v) is 4.27. The van der Waals surface area contributed by atoms with E-state index < -0.39 is 0 Å². The molecular formula is C17H14ClN3O2S. The first-order valence-corrected chi connectivity index (χ1v) is 8.47. The number of anilines is 1. The number of rotatable bonds is 6. The lowest BCUT2D eigenvalue weighted by Gasteiger charge is -2.03. The van der Waals surface area contributed by atoms with Crippen molar-refractivity contribution in [1.82, 2.24) is 10.2 Å². The molecule has 2 aromatic carbocycles. The Kier molecular flexibility index (Phi) is 5.40. The minimum atomic E-state index is -0.241. The van der Waals surface area contributed by atoms with Crippen molar-refractivity contribution in [3.8, 4) is 5.75 Å². The molecule has 3 aromatic rings. The molecule has 0 aliphatic carbocycles. The summed E-state index contributed by atoms with van der Waals surface area (Å²) in [6.07, 6.45) is 0.628. The van der Waals surface area contributed by atoms with Crippen LogP contribution in [0.3, 0.4) is 0 Å². The molecule has 1 N–H and O–H groups in total. The number of nitrogens with one attached hydrogen (secondary N) is 1. The van der Waals surface area contributed by atoms with E-state index in [1.165, 1.54) is 11.3 Å². The molecule has 122 valence electrons. The van der Waals surface area contributed by atoms with Gasteiger partial charge in [-0.3, -0.25) is 10.1 Å². The molecule has 0 unspecified atom stereocenters. The van der Waals surface area contributed by atoms with Crippen molar-refractivity contribution < 1.29 is 9.53 Å². The third-order valence-electron chi connectivity index (χ3n) is 3.12. The Bertz CT molecular complexity index is 806. The second-order valence-corrected chi connectivity index (χ2v) is 6.37. The van der Waals surface area contributed by atoms with Gasteiger partial charge >= 0.3 is 0 Å². The van der Waals surface area contributed by atoms with Crippen LogP contribution in [0, 0.1) is 0 Å². The lowest BCUT2D eigenvalue weighted by Crippen LogP contribution is -2.11. The summed E-state index contributed by atoms with van der Waals surface area (Å²) in [6, 6.07) is 16.2. The van der Waals surface area contributed by atoms with Gasteiger partial charge in [-0.2, -0.15) is 0 Å². The lowest BCUT2D eigenvalue weighted by atomic mass is 10.2. The molecule has 1 heterocycles. The molecule has 0 bridgehead atoms. The van der Waals surface area contributed by atoms with E-state index in [9.17, 15) is 4.79 Å². The van der Waals surface area contributed by atoms with Crippen LogP contribution in [-0.4, -0.2) is 22.7 Å². The average Bonchev–Trinajstić information content (AvgIpc) is 3.04. The van der Waals surface area contributed by atoms with E-state index in [-0.39, 0.29) is 5.91 Å². The second-order valence-electron chi connectivity index (χ2n) is 4.87. The molecule has 0 aliphatic heterocycles. The van der Waals surface area contributed by atoms with Crippen LogP contribution < -0.4 is 10.1 Å². The Hall–Kier alpha value is -2.44. The van der Waals surface area contributed by atoms with Crippen LogP contribution >= 0.6 is 22.9 Å². The van der Waals surface area contributed by atoms with E-state index in [2.05, 4.69) is 15.5 Å². The van der Waals surface area contributed by atoms with Gasteiger partial charge in [0.15, 0.2) is 0 Å². The third kappa shape index (κ3) is 4.53. The predicted molar refractivity (Wildman–Crippen MR) is 95.0 cm³/mol. The van der Waals surface area contributed by atoms with Gasteiger partial charge in [-0.05, 0) is 36.4 Å². The van der Waals surface area contributed by atoms with Crippen molar-refractivity contribution in [2.45, 2.75) is 6.42 Å². The zero-order chi connectivity index (χ0) is 16.8. The standard InChI is InChI=1S/C17H14ClN3O2S/c18-13-8-6-12(7-9-13)16(22)19-17-21-20-15(24-17)10-11-23-14-4-2-1-3-5-14/h1-9H,10-11H2,(H,19,21,22). The summed E-state index contributed by atoms with van der Waals surface area (Å²) in [4.78, 5) is 12.1. The molecule has 24 heavy (non-hydrogen) atoms. The number of nitrogens with zero attached hydrogens (tertiary/aromatic N) is 2. The van der Waals surface area contributed by atoms with Gasteiger partial charge in [0.2, 0.25) is 5.13 Å². The monoisotopic (exact) mass is 359 g/mol. The summed E-state index contributed by atoms with van der Waals surface area (Å²) in [6.45, 7) is 0.504. The molecule has 0 saturated heterocycles. The smallest absolute Gasteiger partial charge is 0.257 e. The molecule has 0 radical (unpaired) electrons. The number of ether oxygens (including phenoxy) is 1. The zero-order valence-electron chi connectivity index (χ0n) is 12.6. The van der Waals surface area contributed by atoms with Crippen molar-refractivity contribution in [3.05, 3.63) is 70.2 Å². The molecule has 7 heteroatoms. The lowest BCUT2D eigenvalue weighted by molar-refractivity contribution is 0.102. The first-order chi connectivity index (χ1) is 11.7. The Morgan fingerprint density at radius 3 is 2.58 bits per heavy atom. The summed E-state index contributed by atoms with van der Waals surface area (Å²) >= 11 is 7.14. The SMILES string of the molecule is O=C(Nc1nnc(CCOc2ccccc2)s1)c1ccc(Cl)cc1. The number of hydrogen-bond acceptors (Lipinski definition) is 5. The highest BCUT2D eigenvalue weighted by molar-refractivity contribution is 7.15. The van der Waals surface area contributed by atoms with E-state index in [1.54, 1.807) is 24.3 Å². The fraction of sp³-hybridized carbons (Fsp3) is 0.118. The fourth-order valence-electron chi connectivity index (χ4n) is 1.95. The van der Waals surface area contributed by atoms with E-state index in [0.29, 0.717) is 28.7 Å². The maximum atomic E-state index is 12.1. The van der Waals surface area contributed by atoms with Crippen molar-refractivity contribution in [2.24, 2.45) is 0 Å². The van der Waals surface area contributed by atoms with Crippen LogP contribution in [0.4, 0.5) is 5.13 Å². The number of hydrogen-bond donors (Lipinski definition) is 1. The molecular weight excluding hydrogens is 346 g/mol. The highest BCUT2D eigenvalue weighted by Crippen LogP contribution is 2.18. The number of carbonyl (C=O) groups excluding carboxylic acids is 1. The first-order valence-electron chi connectivity index (χ1n) is 7.28. The molecule has 1 amide bonds. The van der Waals surface area contributed by atoms with Gasteiger partial charge in [-0.1, -0.05) is 41.1 Å². The van der Waals surface area contributed by atoms with E-state index in [0.717, 1.165) is 10.8 Å². The number of halogens is 1. The van der Waals surface area contributed by atoms with Crippen LogP contribution in [0.15, 0.2) is 54.6 Å². The molecule has 0 spiro atoms. The number of amides is 1. The number of carbonyl (C=O) groups is 1. The zero-order valence-corrected chi connectivity index (χ0v) is 14.2. The van der Waals surface area contributed by atoms with Gasteiger partial charge < -0.3 is 4.74 Å². The molecule has 0 fully saturated rings. The Balaban J connectivity index is 1.51. The van der Waals surface area contributed by atoms with Crippen molar-refractivity contribution in [2.75, 3.05) is 11.9 Å². The van der Waals surface area contributed by atoms with Gasteiger partial charge in [-0.15, -0.1) is 10.2 Å². The molecule has 1 aromatic heterocycles. The average molecular weight is 360 g/mol. The van der Waals surface area contributed by atoms with Gasteiger partial charge in [0.05, 0.1) is 6.61 Å². The van der Waals surface area contributed by atoms with Gasteiger partial charge in [0, 0.05) is 17.0 Å². The number of aromatic nitrogens is 2. The Morgan fingerprint density at radius 1 is 1.08 bits per heavy atom. The van der Waals surface area contributed by atoms with Crippen molar-refractivity contribution in [1.29, 1.82) is 0 Å². The first kappa shape index (κ1) is 16.4. The van der Waals surface area contributed by atoms with Gasteiger partial charge in [0.1, 0.15) is 10.8 Å². The van der Waals surface area contributed by atoms with Gasteiger partial charge in [0.25, 0.3) is 5.91 Å². The Morgan fingerprint density at radius 2 is 1.83 bits per heavy atom. The molecule has 0 aliphatic rings. The highest BCUT2D eigenvalue weighted by atomic mass is 35.5.